The summed E-state index contributed by atoms with van der Waals surface area (Å²) >= 11 is 0. The standard InChI is InChI=1S/C8H6F5NO/c9-7(10,8(11,12)13)6(15)5-3-1-2-4-14-5/h1-4,6,15H/t6-/m1/s1. The minimum Gasteiger partial charge on any atom is -0.380 e. The quantitative estimate of drug-likeness (QED) is 0.786. The SMILES string of the molecule is O[C@H](c1ccccn1)C(F)(F)C(F)(F)F. The lowest BCUT2D eigenvalue weighted by Crippen LogP contribution is -2.42. The molecule has 0 saturated heterocycles. The number of aliphatic hydroxyl groups excluding tert-OH is 1. The maximum Gasteiger partial charge on any atom is 0.456 e. The van der Waals surface area contributed by atoms with Gasteiger partial charge >= 0.3 is 12.1 Å². The molecule has 7 heteroatoms. The predicted octanol–water partition coefficient (Wildman–Crippen LogP) is 2.31. The van der Waals surface area contributed by atoms with Gasteiger partial charge < -0.3 is 5.11 Å². The van der Waals surface area contributed by atoms with Gasteiger partial charge in [0.15, 0.2) is 6.10 Å². The Kier molecular flexibility index (Phi) is 2.94. The third kappa shape index (κ3) is 2.23. The number of rotatable bonds is 2. The van der Waals surface area contributed by atoms with Gasteiger partial charge in [-0.25, -0.2) is 0 Å². The van der Waals surface area contributed by atoms with Crippen molar-refractivity contribution in [2.45, 2.75) is 18.2 Å². The predicted molar refractivity (Wildman–Crippen MR) is 40.2 cm³/mol. The second-order valence-electron chi connectivity index (χ2n) is 2.78. The normalized spacial score (nSPS) is 15.1. The molecule has 0 bridgehead atoms. The van der Waals surface area contributed by atoms with Crippen LogP contribution in [0.3, 0.4) is 0 Å². The molecule has 0 aliphatic rings. The van der Waals surface area contributed by atoms with Crippen LogP contribution in [0.15, 0.2) is 24.4 Å². The Morgan fingerprint density at radius 1 is 1.13 bits per heavy atom. The van der Waals surface area contributed by atoms with Crippen molar-refractivity contribution in [3.63, 3.8) is 0 Å². The summed E-state index contributed by atoms with van der Waals surface area (Å²) in [5.41, 5.74) is -0.722. The van der Waals surface area contributed by atoms with Crippen LogP contribution in [0.5, 0.6) is 0 Å². The minimum absolute atomic E-state index is 0.722. The van der Waals surface area contributed by atoms with Crippen molar-refractivity contribution >= 4 is 0 Å². The van der Waals surface area contributed by atoms with Crippen molar-refractivity contribution in [3.8, 4) is 0 Å². The molecule has 1 aromatic rings. The summed E-state index contributed by atoms with van der Waals surface area (Å²) in [6, 6.07) is 3.43. The molecule has 0 saturated carbocycles. The lowest BCUT2D eigenvalue weighted by Gasteiger charge is -2.24. The van der Waals surface area contributed by atoms with Crippen LogP contribution in [0.1, 0.15) is 11.8 Å². The molecule has 2 nitrogen and oxygen atoms in total. The van der Waals surface area contributed by atoms with Crippen molar-refractivity contribution < 1.29 is 27.1 Å². The molecule has 1 N–H and O–H groups in total. The van der Waals surface area contributed by atoms with Crippen molar-refractivity contribution in [1.82, 2.24) is 4.98 Å². The highest BCUT2D eigenvalue weighted by Gasteiger charge is 2.63. The van der Waals surface area contributed by atoms with Crippen LogP contribution >= 0.6 is 0 Å². The Balaban J connectivity index is 3.00. The van der Waals surface area contributed by atoms with E-state index >= 15 is 0 Å². The second kappa shape index (κ2) is 3.73. The van der Waals surface area contributed by atoms with Gasteiger partial charge in [0, 0.05) is 6.20 Å². The van der Waals surface area contributed by atoms with Crippen LogP contribution in [0.2, 0.25) is 0 Å². The van der Waals surface area contributed by atoms with Crippen LogP contribution in [0, 0.1) is 0 Å². The Morgan fingerprint density at radius 2 is 1.73 bits per heavy atom. The number of hydrogen-bond acceptors (Lipinski definition) is 2. The van der Waals surface area contributed by atoms with E-state index in [0.29, 0.717) is 0 Å². The van der Waals surface area contributed by atoms with E-state index in [4.69, 9.17) is 5.11 Å². The van der Waals surface area contributed by atoms with Gasteiger partial charge in [-0.2, -0.15) is 22.0 Å². The molecule has 15 heavy (non-hydrogen) atoms. The van der Waals surface area contributed by atoms with Crippen LogP contribution in [-0.2, 0) is 0 Å². The Bertz CT molecular complexity index is 324. The first-order chi connectivity index (χ1) is 6.77. The smallest absolute Gasteiger partial charge is 0.380 e. The van der Waals surface area contributed by atoms with Crippen LogP contribution in [0.4, 0.5) is 22.0 Å². The molecule has 1 atom stereocenters. The highest BCUT2D eigenvalue weighted by molar-refractivity contribution is 5.10. The number of aromatic nitrogens is 1. The average molecular weight is 227 g/mol. The van der Waals surface area contributed by atoms with E-state index in [1.165, 1.54) is 12.1 Å². The topological polar surface area (TPSA) is 33.1 Å². The number of hydrogen-bond donors (Lipinski definition) is 1. The summed E-state index contributed by atoms with van der Waals surface area (Å²) in [7, 11) is 0. The zero-order valence-electron chi connectivity index (χ0n) is 7.17. The summed E-state index contributed by atoms with van der Waals surface area (Å²) in [6.07, 6.45) is -7.77. The van der Waals surface area contributed by atoms with Gasteiger partial charge in [0.1, 0.15) is 0 Å². The number of aliphatic hydroxyl groups is 1. The number of nitrogens with zero attached hydrogens (tertiary/aromatic N) is 1. The lowest BCUT2D eigenvalue weighted by atomic mass is 10.1. The fraction of sp³-hybridized carbons (Fsp3) is 0.375. The zero-order chi connectivity index (χ0) is 11.7. The molecular formula is C8H6F5NO. The summed E-state index contributed by atoms with van der Waals surface area (Å²) in [6.45, 7) is 0. The van der Waals surface area contributed by atoms with Crippen LogP contribution < -0.4 is 0 Å². The van der Waals surface area contributed by atoms with Crippen LogP contribution in [0.25, 0.3) is 0 Å². The first-order valence-corrected chi connectivity index (χ1v) is 3.80. The van der Waals surface area contributed by atoms with Gasteiger partial charge in [-0.15, -0.1) is 0 Å². The van der Waals surface area contributed by atoms with E-state index in [-0.39, 0.29) is 0 Å². The van der Waals surface area contributed by atoms with Gasteiger partial charge in [0.05, 0.1) is 5.69 Å². The molecule has 0 spiro atoms. The van der Waals surface area contributed by atoms with Gasteiger partial charge in [-0.05, 0) is 12.1 Å². The fourth-order valence-electron chi connectivity index (χ4n) is 0.878. The van der Waals surface area contributed by atoms with Crippen molar-refractivity contribution in [2.24, 2.45) is 0 Å². The molecule has 0 aromatic carbocycles. The van der Waals surface area contributed by atoms with E-state index in [1.54, 1.807) is 0 Å². The largest absolute Gasteiger partial charge is 0.456 e. The lowest BCUT2D eigenvalue weighted by molar-refractivity contribution is -0.315. The maximum atomic E-state index is 12.6. The maximum absolute atomic E-state index is 12.6. The highest BCUT2D eigenvalue weighted by Crippen LogP contribution is 2.43. The van der Waals surface area contributed by atoms with Crippen molar-refractivity contribution in [1.29, 1.82) is 0 Å². The molecule has 1 heterocycles. The molecule has 0 radical (unpaired) electrons. The van der Waals surface area contributed by atoms with Gasteiger partial charge in [0.2, 0.25) is 0 Å². The number of alkyl halides is 5. The summed E-state index contributed by atoms with van der Waals surface area (Å²) in [5.74, 6) is -5.21. The summed E-state index contributed by atoms with van der Waals surface area (Å²) in [5, 5.41) is 8.85. The van der Waals surface area contributed by atoms with Crippen molar-refractivity contribution in [2.75, 3.05) is 0 Å². The van der Waals surface area contributed by atoms with E-state index in [1.807, 2.05) is 0 Å². The average Bonchev–Trinajstić information content (AvgIpc) is 2.16. The Hall–Kier alpha value is -1.24. The summed E-state index contributed by atoms with van der Waals surface area (Å²) in [4.78, 5) is 3.23. The molecule has 0 aliphatic heterocycles. The molecule has 84 valence electrons. The molecule has 0 unspecified atom stereocenters. The van der Waals surface area contributed by atoms with Gasteiger partial charge in [0.25, 0.3) is 0 Å². The summed E-state index contributed by atoms with van der Waals surface area (Å²) < 4.78 is 60.7. The Morgan fingerprint density at radius 3 is 2.13 bits per heavy atom. The molecule has 1 rings (SSSR count). The first-order valence-electron chi connectivity index (χ1n) is 3.80. The van der Waals surface area contributed by atoms with E-state index < -0.39 is 23.9 Å². The number of pyridine rings is 1. The highest BCUT2D eigenvalue weighted by atomic mass is 19.4. The molecular weight excluding hydrogens is 221 g/mol. The third-order valence-electron chi connectivity index (χ3n) is 1.69. The van der Waals surface area contributed by atoms with Gasteiger partial charge in [-0.1, -0.05) is 6.07 Å². The van der Waals surface area contributed by atoms with E-state index in [2.05, 4.69) is 4.98 Å². The van der Waals surface area contributed by atoms with Crippen LogP contribution in [-0.4, -0.2) is 22.2 Å². The molecule has 0 fully saturated rings. The molecule has 1 aromatic heterocycles. The first kappa shape index (κ1) is 11.8. The van der Waals surface area contributed by atoms with E-state index in [9.17, 15) is 22.0 Å². The Labute approximate surface area is 81.4 Å². The fourth-order valence-corrected chi connectivity index (χ4v) is 0.878. The van der Waals surface area contributed by atoms with E-state index in [0.717, 1.165) is 12.3 Å². The van der Waals surface area contributed by atoms with Gasteiger partial charge in [-0.3, -0.25) is 4.98 Å². The molecule has 0 aliphatic carbocycles. The monoisotopic (exact) mass is 227 g/mol. The number of halogens is 5. The zero-order valence-corrected chi connectivity index (χ0v) is 7.17. The van der Waals surface area contributed by atoms with Crippen molar-refractivity contribution in [3.05, 3.63) is 30.1 Å². The second-order valence-corrected chi connectivity index (χ2v) is 2.78. The third-order valence-corrected chi connectivity index (χ3v) is 1.69. The molecule has 0 amide bonds. The minimum atomic E-state index is -5.80.